The number of alkyl halides is 3. The molecule has 1 aromatic rings. The number of anilines is 1. The summed E-state index contributed by atoms with van der Waals surface area (Å²) in [5.41, 5.74) is 0.237. The lowest BCUT2D eigenvalue weighted by Gasteiger charge is -2.35. The van der Waals surface area contributed by atoms with Gasteiger partial charge in [0.1, 0.15) is 18.8 Å². The number of nitrogens with one attached hydrogen (secondary N) is 1. The molecule has 0 aliphatic carbocycles. The number of hydrogen-bond donors (Lipinski definition) is 1. The Kier molecular flexibility index (Phi) is 8.70. The first kappa shape index (κ1) is 26.4. The zero-order valence-corrected chi connectivity index (χ0v) is 19.4. The molecule has 8 nitrogen and oxygen atoms in total. The number of rotatable bonds is 3. The SMILES string of the molecule is CO[C@H]1CN(C)C(=O)c2ccc(NC(=O)CC(F)(F)F)cc2OC[C@H](C)N(C(C)=O)C[C@@H]1C. The standard InChI is InChI=1S/C22H30F3N3O5/c1-13-10-28(15(3)29)14(2)12-33-18-8-16(26-20(30)9-22(23,24)25)6-7-17(18)21(31)27(4)11-19(13)32-5/h6-8,13-14,19H,9-12H2,1-5H3,(H,26,30)/t13-,14-,19-/m0/s1. The Morgan fingerprint density at radius 2 is 1.91 bits per heavy atom. The molecule has 0 saturated heterocycles. The Morgan fingerprint density at radius 3 is 2.48 bits per heavy atom. The highest BCUT2D eigenvalue weighted by Crippen LogP contribution is 2.28. The summed E-state index contributed by atoms with van der Waals surface area (Å²) < 4.78 is 48.9. The summed E-state index contributed by atoms with van der Waals surface area (Å²) in [4.78, 5) is 40.1. The molecule has 11 heteroatoms. The molecular formula is C22H30F3N3O5. The zero-order chi connectivity index (χ0) is 24.9. The van der Waals surface area contributed by atoms with Gasteiger partial charge >= 0.3 is 6.18 Å². The molecular weight excluding hydrogens is 443 g/mol. The summed E-state index contributed by atoms with van der Waals surface area (Å²) in [6, 6.07) is 3.69. The van der Waals surface area contributed by atoms with Gasteiger partial charge in [0, 0.05) is 51.8 Å². The van der Waals surface area contributed by atoms with Crippen LogP contribution in [0.1, 0.15) is 37.6 Å². The van der Waals surface area contributed by atoms with Crippen LogP contribution in [0.25, 0.3) is 0 Å². The lowest BCUT2D eigenvalue weighted by molar-refractivity contribution is -0.150. The maximum absolute atomic E-state index is 13.1. The van der Waals surface area contributed by atoms with Crippen molar-refractivity contribution in [2.24, 2.45) is 5.92 Å². The van der Waals surface area contributed by atoms with Crippen LogP contribution in [-0.2, 0) is 14.3 Å². The van der Waals surface area contributed by atoms with Gasteiger partial charge < -0.3 is 24.6 Å². The van der Waals surface area contributed by atoms with Crippen molar-refractivity contribution in [1.82, 2.24) is 9.80 Å². The van der Waals surface area contributed by atoms with Crippen LogP contribution in [-0.4, -0.2) is 79.7 Å². The van der Waals surface area contributed by atoms with E-state index in [1.54, 1.807) is 26.0 Å². The van der Waals surface area contributed by atoms with Gasteiger partial charge in [-0.2, -0.15) is 13.2 Å². The highest BCUT2D eigenvalue weighted by atomic mass is 19.4. The molecule has 184 valence electrons. The number of methoxy groups -OCH3 is 1. The Morgan fingerprint density at radius 1 is 1.24 bits per heavy atom. The summed E-state index contributed by atoms with van der Waals surface area (Å²) in [5.74, 6) is -1.73. The molecule has 33 heavy (non-hydrogen) atoms. The summed E-state index contributed by atoms with van der Waals surface area (Å²) in [5, 5.41) is 2.17. The summed E-state index contributed by atoms with van der Waals surface area (Å²) >= 11 is 0. The van der Waals surface area contributed by atoms with Crippen molar-refractivity contribution in [2.45, 2.75) is 45.5 Å². The van der Waals surface area contributed by atoms with Crippen LogP contribution in [0.15, 0.2) is 18.2 Å². The summed E-state index contributed by atoms with van der Waals surface area (Å²) in [7, 11) is 3.14. The number of carbonyl (C=O) groups excluding carboxylic acids is 3. The van der Waals surface area contributed by atoms with E-state index in [1.165, 1.54) is 30.0 Å². The van der Waals surface area contributed by atoms with Crippen molar-refractivity contribution in [3.8, 4) is 5.75 Å². The van der Waals surface area contributed by atoms with E-state index in [9.17, 15) is 27.6 Å². The maximum atomic E-state index is 13.1. The number of amides is 3. The first-order valence-corrected chi connectivity index (χ1v) is 10.5. The molecule has 0 unspecified atom stereocenters. The number of hydrogen-bond acceptors (Lipinski definition) is 5. The number of ether oxygens (including phenoxy) is 2. The first-order valence-electron chi connectivity index (χ1n) is 10.5. The number of halogens is 3. The minimum Gasteiger partial charge on any atom is -0.491 e. The smallest absolute Gasteiger partial charge is 0.397 e. The molecule has 0 aromatic heterocycles. The van der Waals surface area contributed by atoms with Gasteiger partial charge in [-0.25, -0.2) is 0 Å². The maximum Gasteiger partial charge on any atom is 0.397 e. The molecule has 0 bridgehead atoms. The van der Waals surface area contributed by atoms with E-state index >= 15 is 0 Å². The van der Waals surface area contributed by atoms with Crippen LogP contribution < -0.4 is 10.1 Å². The van der Waals surface area contributed by atoms with Crippen LogP contribution in [0, 0.1) is 5.92 Å². The van der Waals surface area contributed by atoms with Crippen LogP contribution in [0.3, 0.4) is 0 Å². The highest BCUT2D eigenvalue weighted by Gasteiger charge is 2.32. The molecule has 0 radical (unpaired) electrons. The molecule has 0 spiro atoms. The molecule has 1 aliphatic heterocycles. The number of likely N-dealkylation sites (N-methyl/N-ethyl adjacent to an activating group) is 1. The number of fused-ring (bicyclic) bond motifs is 1. The monoisotopic (exact) mass is 473 g/mol. The summed E-state index contributed by atoms with van der Waals surface area (Å²) in [6.07, 6.45) is -6.61. The van der Waals surface area contributed by atoms with E-state index in [0.29, 0.717) is 6.54 Å². The van der Waals surface area contributed by atoms with E-state index in [0.717, 1.165) is 0 Å². The molecule has 1 aliphatic rings. The normalized spacial score (nSPS) is 22.5. The molecule has 1 aromatic carbocycles. The van der Waals surface area contributed by atoms with Crippen LogP contribution in [0.2, 0.25) is 0 Å². The topological polar surface area (TPSA) is 88.2 Å². The Labute approximate surface area is 191 Å². The van der Waals surface area contributed by atoms with Crippen molar-refractivity contribution in [3.05, 3.63) is 23.8 Å². The second-order valence-corrected chi connectivity index (χ2v) is 8.32. The van der Waals surface area contributed by atoms with Gasteiger partial charge in [-0.1, -0.05) is 6.92 Å². The third-order valence-corrected chi connectivity index (χ3v) is 5.50. The van der Waals surface area contributed by atoms with Crippen molar-refractivity contribution in [3.63, 3.8) is 0 Å². The molecule has 3 amide bonds. The van der Waals surface area contributed by atoms with Crippen molar-refractivity contribution in [1.29, 1.82) is 0 Å². The van der Waals surface area contributed by atoms with Gasteiger partial charge in [0.05, 0.1) is 17.7 Å². The van der Waals surface area contributed by atoms with E-state index in [-0.39, 0.29) is 60.0 Å². The third-order valence-electron chi connectivity index (χ3n) is 5.50. The predicted octanol–water partition coefficient (Wildman–Crippen LogP) is 2.93. The second-order valence-electron chi connectivity index (χ2n) is 8.32. The predicted molar refractivity (Wildman–Crippen MR) is 115 cm³/mol. The first-order chi connectivity index (χ1) is 15.3. The molecule has 1 N–H and O–H groups in total. The van der Waals surface area contributed by atoms with Crippen LogP contribution in [0.4, 0.5) is 18.9 Å². The van der Waals surface area contributed by atoms with Crippen LogP contribution >= 0.6 is 0 Å². The van der Waals surface area contributed by atoms with Gasteiger partial charge in [0.15, 0.2) is 0 Å². The lowest BCUT2D eigenvalue weighted by atomic mass is 10.0. The van der Waals surface area contributed by atoms with Gasteiger partial charge in [0.25, 0.3) is 5.91 Å². The average molecular weight is 473 g/mol. The number of benzene rings is 1. The molecule has 3 atom stereocenters. The van der Waals surface area contributed by atoms with Crippen molar-refractivity contribution >= 4 is 23.4 Å². The fourth-order valence-electron chi connectivity index (χ4n) is 3.68. The van der Waals surface area contributed by atoms with Gasteiger partial charge in [-0.3, -0.25) is 14.4 Å². The Bertz CT molecular complexity index is 877. The van der Waals surface area contributed by atoms with Gasteiger partial charge in [-0.05, 0) is 19.1 Å². The molecule has 0 saturated carbocycles. The van der Waals surface area contributed by atoms with Gasteiger partial charge in [-0.15, -0.1) is 0 Å². The molecule has 0 fully saturated rings. The van der Waals surface area contributed by atoms with Crippen LogP contribution in [0.5, 0.6) is 5.75 Å². The van der Waals surface area contributed by atoms with E-state index in [4.69, 9.17) is 9.47 Å². The van der Waals surface area contributed by atoms with Crippen molar-refractivity contribution in [2.75, 3.05) is 39.2 Å². The van der Waals surface area contributed by atoms with Gasteiger partial charge in [0.2, 0.25) is 11.8 Å². The Balaban J connectivity index is 2.40. The minimum absolute atomic E-state index is 0.0356. The molecule has 1 heterocycles. The van der Waals surface area contributed by atoms with Crippen molar-refractivity contribution < 1.29 is 37.0 Å². The zero-order valence-electron chi connectivity index (χ0n) is 19.4. The largest absolute Gasteiger partial charge is 0.491 e. The van der Waals surface area contributed by atoms with E-state index < -0.39 is 18.5 Å². The summed E-state index contributed by atoms with van der Waals surface area (Å²) in [6.45, 7) is 5.86. The molecule has 2 rings (SSSR count). The second kappa shape index (κ2) is 10.9. The van der Waals surface area contributed by atoms with E-state index in [1.807, 2.05) is 6.92 Å². The number of nitrogens with zero attached hydrogens (tertiary/aromatic N) is 2. The highest BCUT2D eigenvalue weighted by molar-refractivity contribution is 5.98. The lowest BCUT2D eigenvalue weighted by Crippen LogP contribution is -2.48. The Hall–Kier alpha value is -2.82. The third kappa shape index (κ3) is 7.34. The fraction of sp³-hybridized carbons (Fsp3) is 0.591. The van der Waals surface area contributed by atoms with E-state index in [2.05, 4.69) is 5.32 Å². The minimum atomic E-state index is -4.64. The quantitative estimate of drug-likeness (QED) is 0.730. The average Bonchev–Trinajstić information content (AvgIpc) is 2.71. The fourth-order valence-corrected chi connectivity index (χ4v) is 3.68. The number of carbonyl (C=O) groups is 3.